The van der Waals surface area contributed by atoms with Gasteiger partial charge in [0.2, 0.25) is 0 Å². The fraction of sp³-hybridized carbons (Fsp3) is 0.182. The molecule has 0 atom stereocenters. The maximum atomic E-state index is 12.7. The predicted octanol–water partition coefficient (Wildman–Crippen LogP) is 2.05. The van der Waals surface area contributed by atoms with Crippen LogP contribution in [0.4, 0.5) is 4.39 Å². The van der Waals surface area contributed by atoms with Crippen molar-refractivity contribution in [3.8, 4) is 11.5 Å². The summed E-state index contributed by atoms with van der Waals surface area (Å²) in [5, 5.41) is 3.55. The molecule has 2 heterocycles. The molecule has 0 spiro atoms. The predicted molar refractivity (Wildman–Crippen MR) is 55.6 cm³/mol. The van der Waals surface area contributed by atoms with Gasteiger partial charge >= 0.3 is 5.97 Å². The molecule has 0 saturated heterocycles. The second kappa shape index (κ2) is 4.73. The Bertz CT molecular complexity index is 522. The van der Waals surface area contributed by atoms with Crippen molar-refractivity contribution in [2.45, 2.75) is 6.92 Å². The Balaban J connectivity index is 2.23. The van der Waals surface area contributed by atoms with Gasteiger partial charge in [-0.1, -0.05) is 5.16 Å². The number of carbonyl (C=O) groups is 1. The third-order valence-electron chi connectivity index (χ3n) is 1.97. The van der Waals surface area contributed by atoms with Crippen LogP contribution in [0.1, 0.15) is 17.4 Å². The standard InChI is InChI=1S/C11H9FN2O3/c1-2-16-11(15)9-5-10(17-14-9)8-4-3-7(12)6-13-8/h3-6H,2H2,1H3. The van der Waals surface area contributed by atoms with Gasteiger partial charge in [0, 0.05) is 6.07 Å². The van der Waals surface area contributed by atoms with E-state index in [1.54, 1.807) is 6.92 Å². The number of pyridine rings is 1. The number of aromatic nitrogens is 2. The van der Waals surface area contributed by atoms with E-state index >= 15 is 0 Å². The quantitative estimate of drug-likeness (QED) is 0.763. The molecule has 17 heavy (non-hydrogen) atoms. The van der Waals surface area contributed by atoms with Crippen LogP contribution in [0.15, 0.2) is 28.9 Å². The Labute approximate surface area is 96.2 Å². The SMILES string of the molecule is CCOC(=O)c1cc(-c2ccc(F)cn2)on1. The van der Waals surface area contributed by atoms with E-state index in [1.807, 2.05) is 0 Å². The van der Waals surface area contributed by atoms with Gasteiger partial charge in [0.15, 0.2) is 11.5 Å². The summed E-state index contributed by atoms with van der Waals surface area (Å²) in [5.74, 6) is -0.725. The molecular weight excluding hydrogens is 227 g/mol. The lowest BCUT2D eigenvalue weighted by Gasteiger charge is -1.94. The minimum atomic E-state index is -0.565. The number of halogens is 1. The normalized spacial score (nSPS) is 10.2. The van der Waals surface area contributed by atoms with Crippen molar-refractivity contribution < 1.29 is 18.4 Å². The van der Waals surface area contributed by atoms with E-state index in [0.29, 0.717) is 5.69 Å². The van der Waals surface area contributed by atoms with Gasteiger partial charge in [0.1, 0.15) is 11.5 Å². The lowest BCUT2D eigenvalue weighted by Crippen LogP contribution is -2.04. The summed E-state index contributed by atoms with van der Waals surface area (Å²) in [6.45, 7) is 1.95. The van der Waals surface area contributed by atoms with Gasteiger partial charge in [0.05, 0.1) is 12.8 Å². The molecule has 0 bridgehead atoms. The lowest BCUT2D eigenvalue weighted by atomic mass is 10.2. The summed E-state index contributed by atoms with van der Waals surface area (Å²) in [4.78, 5) is 15.1. The van der Waals surface area contributed by atoms with Crippen molar-refractivity contribution in [1.29, 1.82) is 0 Å². The molecule has 6 heteroatoms. The first-order valence-corrected chi connectivity index (χ1v) is 4.96. The third kappa shape index (κ3) is 2.47. The van der Waals surface area contributed by atoms with E-state index in [-0.39, 0.29) is 18.1 Å². The minimum absolute atomic E-state index is 0.0629. The molecule has 0 N–H and O–H groups in total. The Morgan fingerprint density at radius 1 is 1.53 bits per heavy atom. The van der Waals surface area contributed by atoms with Crippen molar-refractivity contribution in [3.05, 3.63) is 35.9 Å². The van der Waals surface area contributed by atoms with Crippen LogP contribution in [-0.2, 0) is 4.74 Å². The molecule has 2 aromatic heterocycles. The summed E-state index contributed by atoms with van der Waals surface area (Å²) < 4.78 is 22.3. The van der Waals surface area contributed by atoms with Gasteiger partial charge < -0.3 is 9.26 Å². The van der Waals surface area contributed by atoms with Crippen molar-refractivity contribution in [2.75, 3.05) is 6.61 Å². The topological polar surface area (TPSA) is 65.2 Å². The Morgan fingerprint density at radius 3 is 3.00 bits per heavy atom. The third-order valence-corrected chi connectivity index (χ3v) is 1.97. The first-order valence-electron chi connectivity index (χ1n) is 4.96. The van der Waals surface area contributed by atoms with Gasteiger partial charge in [-0.2, -0.15) is 0 Å². The summed E-state index contributed by atoms with van der Waals surface area (Å²) in [6, 6.07) is 4.08. The molecule has 0 aliphatic rings. The van der Waals surface area contributed by atoms with E-state index in [0.717, 1.165) is 6.20 Å². The van der Waals surface area contributed by atoms with Crippen LogP contribution in [0.2, 0.25) is 0 Å². The maximum absolute atomic E-state index is 12.7. The second-order valence-corrected chi connectivity index (χ2v) is 3.16. The van der Waals surface area contributed by atoms with E-state index in [2.05, 4.69) is 10.1 Å². The minimum Gasteiger partial charge on any atom is -0.461 e. The first kappa shape index (κ1) is 11.3. The summed E-state index contributed by atoms with van der Waals surface area (Å²) in [5.41, 5.74) is 0.461. The van der Waals surface area contributed by atoms with Gasteiger partial charge in [-0.3, -0.25) is 0 Å². The molecule has 0 radical (unpaired) electrons. The monoisotopic (exact) mass is 236 g/mol. The Kier molecular flexibility index (Phi) is 3.13. The van der Waals surface area contributed by atoms with E-state index < -0.39 is 11.8 Å². The Hall–Kier alpha value is -2.24. The van der Waals surface area contributed by atoms with Crippen LogP contribution in [0.5, 0.6) is 0 Å². The average Bonchev–Trinajstić information content (AvgIpc) is 2.80. The largest absolute Gasteiger partial charge is 0.461 e. The van der Waals surface area contributed by atoms with Crippen LogP contribution < -0.4 is 0 Å². The van der Waals surface area contributed by atoms with Gasteiger partial charge in [-0.05, 0) is 19.1 Å². The highest BCUT2D eigenvalue weighted by Gasteiger charge is 2.15. The highest BCUT2D eigenvalue weighted by molar-refractivity contribution is 5.88. The molecular formula is C11H9FN2O3. The molecule has 0 amide bonds. The lowest BCUT2D eigenvalue weighted by molar-refractivity contribution is 0.0514. The van der Waals surface area contributed by atoms with Crippen molar-refractivity contribution in [1.82, 2.24) is 10.1 Å². The summed E-state index contributed by atoms with van der Waals surface area (Å²) >= 11 is 0. The molecule has 88 valence electrons. The fourth-order valence-electron chi connectivity index (χ4n) is 1.22. The number of esters is 1. The molecule has 5 nitrogen and oxygen atoms in total. The van der Waals surface area contributed by atoms with Gasteiger partial charge in [-0.25, -0.2) is 14.2 Å². The number of rotatable bonds is 3. The van der Waals surface area contributed by atoms with E-state index in [4.69, 9.17) is 9.26 Å². The molecule has 0 saturated carbocycles. The molecule has 0 aliphatic heterocycles. The smallest absolute Gasteiger partial charge is 0.360 e. The highest BCUT2D eigenvalue weighted by atomic mass is 19.1. The number of carbonyl (C=O) groups excluding carboxylic acids is 1. The molecule has 0 fully saturated rings. The van der Waals surface area contributed by atoms with Crippen molar-refractivity contribution in [2.24, 2.45) is 0 Å². The summed E-state index contributed by atoms with van der Waals surface area (Å²) in [6.07, 6.45) is 1.06. The molecule has 2 aromatic rings. The molecule has 2 rings (SSSR count). The number of ether oxygens (including phenoxy) is 1. The van der Waals surface area contributed by atoms with Crippen molar-refractivity contribution in [3.63, 3.8) is 0 Å². The maximum Gasteiger partial charge on any atom is 0.360 e. The molecule has 0 unspecified atom stereocenters. The zero-order chi connectivity index (χ0) is 12.3. The van der Waals surface area contributed by atoms with Crippen LogP contribution in [0.25, 0.3) is 11.5 Å². The fourth-order valence-corrected chi connectivity index (χ4v) is 1.22. The van der Waals surface area contributed by atoms with E-state index in [1.165, 1.54) is 18.2 Å². The zero-order valence-electron chi connectivity index (χ0n) is 9.01. The van der Waals surface area contributed by atoms with E-state index in [9.17, 15) is 9.18 Å². The zero-order valence-corrected chi connectivity index (χ0v) is 9.01. The van der Waals surface area contributed by atoms with Crippen LogP contribution >= 0.6 is 0 Å². The van der Waals surface area contributed by atoms with Gasteiger partial charge in [-0.15, -0.1) is 0 Å². The number of hydrogen-bond acceptors (Lipinski definition) is 5. The van der Waals surface area contributed by atoms with Crippen LogP contribution in [-0.4, -0.2) is 22.7 Å². The number of hydrogen-bond donors (Lipinski definition) is 0. The number of nitrogens with zero attached hydrogens (tertiary/aromatic N) is 2. The average molecular weight is 236 g/mol. The second-order valence-electron chi connectivity index (χ2n) is 3.16. The van der Waals surface area contributed by atoms with Crippen molar-refractivity contribution >= 4 is 5.97 Å². The van der Waals surface area contributed by atoms with Crippen LogP contribution in [0, 0.1) is 5.82 Å². The molecule has 0 aromatic carbocycles. The summed E-state index contributed by atoms with van der Waals surface area (Å²) in [7, 11) is 0. The highest BCUT2D eigenvalue weighted by Crippen LogP contribution is 2.18. The Morgan fingerprint density at radius 2 is 2.35 bits per heavy atom. The van der Waals surface area contributed by atoms with Crippen LogP contribution in [0.3, 0.4) is 0 Å². The van der Waals surface area contributed by atoms with Gasteiger partial charge in [0.25, 0.3) is 0 Å². The molecule has 0 aliphatic carbocycles. The first-order chi connectivity index (χ1) is 8.20.